The zero-order valence-corrected chi connectivity index (χ0v) is 11.1. The van der Waals surface area contributed by atoms with Crippen molar-refractivity contribution in [1.29, 1.82) is 0 Å². The molecule has 1 amide bonds. The highest BCUT2D eigenvalue weighted by atomic mass is 16.2. The molecule has 0 aliphatic rings. The van der Waals surface area contributed by atoms with Crippen LogP contribution in [0.3, 0.4) is 0 Å². The van der Waals surface area contributed by atoms with Gasteiger partial charge in [0.1, 0.15) is 0 Å². The molecule has 2 nitrogen and oxygen atoms in total. The Labute approximate surface area is 113 Å². The molecule has 0 fully saturated rings. The van der Waals surface area contributed by atoms with Crippen molar-refractivity contribution >= 4 is 11.6 Å². The van der Waals surface area contributed by atoms with Gasteiger partial charge in [-0.15, -0.1) is 0 Å². The van der Waals surface area contributed by atoms with Gasteiger partial charge in [0, 0.05) is 24.2 Å². The van der Waals surface area contributed by atoms with Crippen molar-refractivity contribution < 1.29 is 4.79 Å². The van der Waals surface area contributed by atoms with Gasteiger partial charge >= 0.3 is 5.91 Å². The summed E-state index contributed by atoms with van der Waals surface area (Å²) in [5.41, 5.74) is 2.81. The smallest absolute Gasteiger partial charge is 0.302 e. The predicted molar refractivity (Wildman–Crippen MR) is 77.9 cm³/mol. The van der Waals surface area contributed by atoms with Crippen molar-refractivity contribution in [3.8, 4) is 11.8 Å². The molecule has 0 N–H and O–H groups in total. The first-order valence-electron chi connectivity index (χ1n) is 6.08. The number of amides is 1. The van der Waals surface area contributed by atoms with Crippen LogP contribution in [0.4, 0.5) is 5.69 Å². The lowest BCUT2D eigenvalue weighted by Gasteiger charge is -2.14. The maximum Gasteiger partial charge on any atom is 0.302 e. The minimum absolute atomic E-state index is 0.213. The summed E-state index contributed by atoms with van der Waals surface area (Å²) in [6.45, 7) is 2.00. The molecular formula is C17H15NO. The van der Waals surface area contributed by atoms with E-state index in [2.05, 4.69) is 11.8 Å². The Morgan fingerprint density at radius 2 is 1.79 bits per heavy atom. The standard InChI is InChI=1S/C17H15NO/c1-14-7-6-10-16(13-14)18(2)17(19)12-11-15-8-4-3-5-9-15/h3-10,13H,1-2H3. The average Bonchev–Trinajstić information content (AvgIpc) is 2.45. The van der Waals surface area contributed by atoms with Gasteiger partial charge in [-0.2, -0.15) is 0 Å². The van der Waals surface area contributed by atoms with Crippen molar-refractivity contribution in [2.24, 2.45) is 0 Å². The van der Waals surface area contributed by atoms with Crippen molar-refractivity contribution in [1.82, 2.24) is 0 Å². The monoisotopic (exact) mass is 249 g/mol. The van der Waals surface area contributed by atoms with Crippen LogP contribution in [-0.4, -0.2) is 13.0 Å². The van der Waals surface area contributed by atoms with E-state index in [-0.39, 0.29) is 5.91 Å². The summed E-state index contributed by atoms with van der Waals surface area (Å²) in [6.07, 6.45) is 0. The number of hydrogen-bond acceptors (Lipinski definition) is 1. The number of carbonyl (C=O) groups is 1. The first-order chi connectivity index (χ1) is 9.16. The SMILES string of the molecule is Cc1cccc(N(C)C(=O)C#Cc2ccccc2)c1. The van der Waals surface area contributed by atoms with Crippen LogP contribution in [0.25, 0.3) is 0 Å². The van der Waals surface area contributed by atoms with Crippen molar-refractivity contribution in [2.75, 3.05) is 11.9 Å². The molecule has 2 aromatic carbocycles. The third-order valence-electron chi connectivity index (χ3n) is 2.78. The van der Waals surface area contributed by atoms with Gasteiger partial charge in [0.15, 0.2) is 0 Å². The van der Waals surface area contributed by atoms with E-state index in [9.17, 15) is 4.79 Å². The highest BCUT2D eigenvalue weighted by Crippen LogP contribution is 2.14. The lowest BCUT2D eigenvalue weighted by molar-refractivity contribution is -0.113. The van der Waals surface area contributed by atoms with Gasteiger partial charge in [-0.05, 0) is 36.8 Å². The Morgan fingerprint density at radius 3 is 2.47 bits per heavy atom. The zero-order valence-electron chi connectivity index (χ0n) is 11.1. The lowest BCUT2D eigenvalue weighted by atomic mass is 10.2. The molecular weight excluding hydrogens is 234 g/mol. The topological polar surface area (TPSA) is 20.3 Å². The van der Waals surface area contributed by atoms with E-state index >= 15 is 0 Å². The van der Waals surface area contributed by atoms with E-state index in [1.807, 2.05) is 61.5 Å². The van der Waals surface area contributed by atoms with E-state index in [0.717, 1.165) is 16.8 Å². The van der Waals surface area contributed by atoms with Gasteiger partial charge in [-0.1, -0.05) is 36.3 Å². The molecule has 2 rings (SSSR count). The normalized spacial score (nSPS) is 9.37. The summed E-state index contributed by atoms with van der Waals surface area (Å²) >= 11 is 0. The molecule has 0 saturated heterocycles. The maximum atomic E-state index is 12.0. The van der Waals surface area contributed by atoms with Crippen LogP contribution in [0.15, 0.2) is 54.6 Å². The largest absolute Gasteiger partial charge is 0.305 e. The Morgan fingerprint density at radius 1 is 1.05 bits per heavy atom. The van der Waals surface area contributed by atoms with Crippen molar-refractivity contribution in [2.45, 2.75) is 6.92 Å². The summed E-state index contributed by atoms with van der Waals surface area (Å²) in [6, 6.07) is 17.3. The van der Waals surface area contributed by atoms with Gasteiger partial charge in [0.2, 0.25) is 0 Å². The molecule has 0 aliphatic carbocycles. The van der Waals surface area contributed by atoms with Crippen LogP contribution in [0.1, 0.15) is 11.1 Å². The molecule has 2 aromatic rings. The molecule has 0 radical (unpaired) electrons. The molecule has 19 heavy (non-hydrogen) atoms. The number of aryl methyl sites for hydroxylation is 1. The molecule has 0 bridgehead atoms. The Kier molecular flexibility index (Phi) is 4.00. The summed E-state index contributed by atoms with van der Waals surface area (Å²) in [5, 5.41) is 0. The van der Waals surface area contributed by atoms with Crippen LogP contribution in [0.2, 0.25) is 0 Å². The van der Waals surface area contributed by atoms with Crippen molar-refractivity contribution in [3.05, 3.63) is 65.7 Å². The average molecular weight is 249 g/mol. The first kappa shape index (κ1) is 12.9. The summed E-state index contributed by atoms with van der Waals surface area (Å²) in [4.78, 5) is 13.5. The molecule has 0 atom stereocenters. The first-order valence-corrected chi connectivity index (χ1v) is 6.08. The highest BCUT2D eigenvalue weighted by molar-refractivity contribution is 6.05. The van der Waals surface area contributed by atoms with E-state index in [1.165, 1.54) is 0 Å². The minimum Gasteiger partial charge on any atom is -0.305 e. The van der Waals surface area contributed by atoms with Crippen LogP contribution in [0.5, 0.6) is 0 Å². The summed E-state index contributed by atoms with van der Waals surface area (Å²) < 4.78 is 0. The van der Waals surface area contributed by atoms with Crippen molar-refractivity contribution in [3.63, 3.8) is 0 Å². The molecule has 94 valence electrons. The molecule has 2 heteroatoms. The third-order valence-corrected chi connectivity index (χ3v) is 2.78. The predicted octanol–water partition coefficient (Wildman–Crippen LogP) is 3.01. The molecule has 0 saturated carbocycles. The number of carbonyl (C=O) groups excluding carboxylic acids is 1. The van der Waals surface area contributed by atoms with Crippen LogP contribution >= 0.6 is 0 Å². The Balaban J connectivity index is 2.15. The number of rotatable bonds is 1. The molecule has 0 aromatic heterocycles. The summed E-state index contributed by atoms with van der Waals surface area (Å²) in [5.74, 6) is 5.31. The number of benzene rings is 2. The van der Waals surface area contributed by atoms with E-state index in [0.29, 0.717) is 0 Å². The van der Waals surface area contributed by atoms with E-state index in [1.54, 1.807) is 11.9 Å². The molecule has 0 spiro atoms. The number of hydrogen-bond donors (Lipinski definition) is 0. The zero-order chi connectivity index (χ0) is 13.7. The maximum absolute atomic E-state index is 12.0. The van der Waals surface area contributed by atoms with E-state index in [4.69, 9.17) is 0 Å². The van der Waals surface area contributed by atoms with Gasteiger partial charge in [-0.25, -0.2) is 0 Å². The second kappa shape index (κ2) is 5.88. The summed E-state index contributed by atoms with van der Waals surface area (Å²) in [7, 11) is 1.73. The fourth-order valence-electron chi connectivity index (χ4n) is 1.68. The number of anilines is 1. The van der Waals surface area contributed by atoms with Crippen LogP contribution in [-0.2, 0) is 4.79 Å². The fourth-order valence-corrected chi connectivity index (χ4v) is 1.68. The highest BCUT2D eigenvalue weighted by Gasteiger charge is 2.07. The second-order valence-electron chi connectivity index (χ2n) is 4.32. The molecule has 0 heterocycles. The van der Waals surface area contributed by atoms with Gasteiger partial charge < -0.3 is 4.90 Å². The van der Waals surface area contributed by atoms with Gasteiger partial charge in [0.25, 0.3) is 0 Å². The third kappa shape index (κ3) is 3.46. The second-order valence-corrected chi connectivity index (χ2v) is 4.32. The molecule has 0 aliphatic heterocycles. The fraction of sp³-hybridized carbons (Fsp3) is 0.118. The van der Waals surface area contributed by atoms with Gasteiger partial charge in [0.05, 0.1) is 0 Å². The quantitative estimate of drug-likeness (QED) is 0.711. The molecule has 0 unspecified atom stereocenters. The van der Waals surface area contributed by atoms with Crippen LogP contribution < -0.4 is 4.90 Å². The lowest BCUT2D eigenvalue weighted by Crippen LogP contribution is -2.24. The Bertz CT molecular complexity index is 635. The minimum atomic E-state index is -0.213. The van der Waals surface area contributed by atoms with Gasteiger partial charge in [-0.3, -0.25) is 4.79 Å². The Hall–Kier alpha value is -2.53. The number of nitrogens with zero attached hydrogens (tertiary/aromatic N) is 1. The van der Waals surface area contributed by atoms with E-state index < -0.39 is 0 Å². The van der Waals surface area contributed by atoms with Crippen LogP contribution in [0, 0.1) is 18.8 Å².